The van der Waals surface area contributed by atoms with Crippen molar-refractivity contribution in [3.05, 3.63) is 29.2 Å². The maximum Gasteiger partial charge on any atom is 0.225 e. The highest BCUT2D eigenvalue weighted by Gasteiger charge is 2.39. The molecule has 5 nitrogen and oxygen atoms in total. The zero-order chi connectivity index (χ0) is 15.7. The summed E-state index contributed by atoms with van der Waals surface area (Å²) in [7, 11) is 0. The van der Waals surface area contributed by atoms with Gasteiger partial charge < -0.3 is 5.32 Å². The van der Waals surface area contributed by atoms with E-state index < -0.39 is 0 Å². The Labute approximate surface area is 135 Å². The smallest absolute Gasteiger partial charge is 0.225 e. The van der Waals surface area contributed by atoms with Crippen molar-refractivity contribution in [1.82, 2.24) is 19.9 Å². The standard InChI is InChI=1S/C16H21ClN4O/c1-16(2,12-4-3-5-12)15(22)18-7-6-11-8-19-14-13(17)9-20-21(14)10-11/h8-10,12H,3-7H2,1-2H3,(H,18,22). The third kappa shape index (κ3) is 2.82. The molecule has 1 aliphatic carbocycles. The molecule has 0 bridgehead atoms. The Morgan fingerprint density at radius 3 is 2.91 bits per heavy atom. The summed E-state index contributed by atoms with van der Waals surface area (Å²) in [5.41, 5.74) is 1.41. The van der Waals surface area contributed by atoms with Gasteiger partial charge in [-0.15, -0.1) is 0 Å². The number of carbonyl (C=O) groups is 1. The molecule has 1 aliphatic rings. The second kappa shape index (κ2) is 5.88. The van der Waals surface area contributed by atoms with Gasteiger partial charge >= 0.3 is 0 Å². The lowest BCUT2D eigenvalue weighted by molar-refractivity contribution is -0.133. The number of nitrogens with zero attached hydrogens (tertiary/aromatic N) is 3. The van der Waals surface area contributed by atoms with Crippen LogP contribution in [0, 0.1) is 11.3 Å². The number of amides is 1. The van der Waals surface area contributed by atoms with E-state index in [4.69, 9.17) is 11.6 Å². The van der Waals surface area contributed by atoms with Crippen molar-refractivity contribution in [2.75, 3.05) is 6.54 Å². The lowest BCUT2D eigenvalue weighted by atomic mass is 9.67. The average Bonchev–Trinajstić information content (AvgIpc) is 2.77. The molecule has 0 unspecified atom stereocenters. The van der Waals surface area contributed by atoms with E-state index in [1.54, 1.807) is 16.9 Å². The Kier molecular flexibility index (Phi) is 4.08. The molecule has 0 saturated heterocycles. The van der Waals surface area contributed by atoms with Gasteiger partial charge in [0.2, 0.25) is 5.91 Å². The summed E-state index contributed by atoms with van der Waals surface area (Å²) in [4.78, 5) is 16.6. The molecule has 1 fully saturated rings. The topological polar surface area (TPSA) is 59.3 Å². The van der Waals surface area contributed by atoms with Gasteiger partial charge in [-0.3, -0.25) is 4.79 Å². The van der Waals surface area contributed by atoms with Gasteiger partial charge in [-0.25, -0.2) is 9.50 Å². The minimum atomic E-state index is -0.268. The van der Waals surface area contributed by atoms with Crippen molar-refractivity contribution in [3.8, 4) is 0 Å². The molecule has 0 spiro atoms. The molecule has 118 valence electrons. The maximum absolute atomic E-state index is 12.3. The fraction of sp³-hybridized carbons (Fsp3) is 0.562. The second-order valence-corrected chi connectivity index (χ2v) is 6.99. The third-order valence-corrected chi connectivity index (χ3v) is 5.04. The number of carbonyl (C=O) groups excluding carboxylic acids is 1. The maximum atomic E-state index is 12.3. The Balaban J connectivity index is 1.56. The van der Waals surface area contributed by atoms with E-state index in [9.17, 15) is 4.79 Å². The SMILES string of the molecule is CC(C)(C(=O)NCCc1cnc2c(Cl)cnn2c1)C1CCC1. The Morgan fingerprint density at radius 1 is 1.45 bits per heavy atom. The van der Waals surface area contributed by atoms with Crippen LogP contribution in [0.1, 0.15) is 38.7 Å². The van der Waals surface area contributed by atoms with Gasteiger partial charge in [0, 0.05) is 24.4 Å². The fourth-order valence-electron chi connectivity index (χ4n) is 2.88. The zero-order valence-corrected chi connectivity index (χ0v) is 13.7. The first kappa shape index (κ1) is 15.3. The number of aromatic nitrogens is 3. The molecule has 6 heteroatoms. The van der Waals surface area contributed by atoms with Crippen LogP contribution in [-0.4, -0.2) is 27.0 Å². The molecular formula is C16H21ClN4O. The van der Waals surface area contributed by atoms with Crippen LogP contribution < -0.4 is 5.32 Å². The van der Waals surface area contributed by atoms with E-state index in [0.29, 0.717) is 23.1 Å². The van der Waals surface area contributed by atoms with Gasteiger partial charge in [0.25, 0.3) is 0 Å². The predicted octanol–water partition coefficient (Wildman–Crippen LogP) is 2.87. The van der Waals surface area contributed by atoms with Gasteiger partial charge in [-0.2, -0.15) is 5.10 Å². The normalized spacial score (nSPS) is 15.8. The van der Waals surface area contributed by atoms with E-state index in [0.717, 1.165) is 12.0 Å². The molecule has 2 aromatic rings. The van der Waals surface area contributed by atoms with E-state index >= 15 is 0 Å². The highest BCUT2D eigenvalue weighted by molar-refractivity contribution is 6.33. The lowest BCUT2D eigenvalue weighted by Crippen LogP contribution is -2.44. The first-order valence-corrected chi connectivity index (χ1v) is 8.12. The summed E-state index contributed by atoms with van der Waals surface area (Å²) in [5, 5.41) is 7.73. The number of halogens is 1. The molecule has 1 N–H and O–H groups in total. The van der Waals surface area contributed by atoms with Crippen LogP contribution in [0.3, 0.4) is 0 Å². The molecule has 0 atom stereocenters. The highest BCUT2D eigenvalue weighted by Crippen LogP contribution is 2.41. The van der Waals surface area contributed by atoms with Crippen molar-refractivity contribution >= 4 is 23.2 Å². The Morgan fingerprint density at radius 2 is 2.23 bits per heavy atom. The second-order valence-electron chi connectivity index (χ2n) is 6.58. The van der Waals surface area contributed by atoms with E-state index in [1.807, 2.05) is 20.0 Å². The van der Waals surface area contributed by atoms with E-state index in [2.05, 4.69) is 15.4 Å². The van der Waals surface area contributed by atoms with Crippen LogP contribution in [-0.2, 0) is 11.2 Å². The summed E-state index contributed by atoms with van der Waals surface area (Å²) in [6.45, 7) is 4.70. The molecular weight excluding hydrogens is 300 g/mol. The van der Waals surface area contributed by atoms with Gasteiger partial charge in [0.05, 0.1) is 6.20 Å². The summed E-state index contributed by atoms with van der Waals surface area (Å²) < 4.78 is 1.66. The summed E-state index contributed by atoms with van der Waals surface area (Å²) in [6.07, 6.45) is 9.58. The van der Waals surface area contributed by atoms with Gasteiger partial charge in [-0.05, 0) is 30.7 Å². The van der Waals surface area contributed by atoms with E-state index in [-0.39, 0.29) is 11.3 Å². The molecule has 22 heavy (non-hydrogen) atoms. The molecule has 1 saturated carbocycles. The zero-order valence-electron chi connectivity index (χ0n) is 13.0. The van der Waals surface area contributed by atoms with Crippen LogP contribution >= 0.6 is 11.6 Å². The number of nitrogens with one attached hydrogen (secondary N) is 1. The largest absolute Gasteiger partial charge is 0.355 e. The first-order chi connectivity index (χ1) is 10.5. The Hall–Kier alpha value is -1.62. The molecule has 0 radical (unpaired) electrons. The monoisotopic (exact) mass is 320 g/mol. The molecule has 3 rings (SSSR count). The lowest BCUT2D eigenvalue weighted by Gasteiger charge is -2.39. The average molecular weight is 321 g/mol. The minimum Gasteiger partial charge on any atom is -0.355 e. The van der Waals surface area contributed by atoms with Crippen LogP contribution in [0.15, 0.2) is 18.6 Å². The van der Waals surface area contributed by atoms with Crippen molar-refractivity contribution < 1.29 is 4.79 Å². The number of fused-ring (bicyclic) bond motifs is 1. The summed E-state index contributed by atoms with van der Waals surface area (Å²) >= 11 is 5.97. The van der Waals surface area contributed by atoms with Crippen molar-refractivity contribution in [2.24, 2.45) is 11.3 Å². The number of rotatable bonds is 5. The quantitative estimate of drug-likeness (QED) is 0.921. The Bertz CT molecular complexity index is 691. The highest BCUT2D eigenvalue weighted by atomic mass is 35.5. The van der Waals surface area contributed by atoms with Crippen molar-refractivity contribution in [1.29, 1.82) is 0 Å². The summed E-state index contributed by atoms with van der Waals surface area (Å²) in [5.74, 6) is 0.671. The van der Waals surface area contributed by atoms with Crippen LogP contribution in [0.25, 0.3) is 5.65 Å². The molecule has 2 aromatic heterocycles. The molecule has 1 amide bonds. The first-order valence-electron chi connectivity index (χ1n) is 7.74. The van der Waals surface area contributed by atoms with Crippen LogP contribution in [0.5, 0.6) is 0 Å². The van der Waals surface area contributed by atoms with Gasteiger partial charge in [-0.1, -0.05) is 31.9 Å². The number of hydrogen-bond acceptors (Lipinski definition) is 3. The minimum absolute atomic E-state index is 0.147. The molecule has 0 aromatic carbocycles. The third-order valence-electron chi connectivity index (χ3n) is 4.78. The fourth-order valence-corrected chi connectivity index (χ4v) is 3.06. The predicted molar refractivity (Wildman–Crippen MR) is 85.8 cm³/mol. The van der Waals surface area contributed by atoms with Crippen LogP contribution in [0.2, 0.25) is 5.02 Å². The summed E-state index contributed by atoms with van der Waals surface area (Å²) in [6, 6.07) is 0. The van der Waals surface area contributed by atoms with E-state index in [1.165, 1.54) is 19.3 Å². The van der Waals surface area contributed by atoms with Gasteiger partial charge in [0.15, 0.2) is 5.65 Å². The molecule has 2 heterocycles. The van der Waals surface area contributed by atoms with Gasteiger partial charge in [0.1, 0.15) is 5.02 Å². The van der Waals surface area contributed by atoms with Crippen molar-refractivity contribution in [2.45, 2.75) is 39.5 Å². The number of hydrogen-bond donors (Lipinski definition) is 1. The molecule has 0 aliphatic heterocycles. The van der Waals surface area contributed by atoms with Crippen LogP contribution in [0.4, 0.5) is 0 Å². The van der Waals surface area contributed by atoms with Crippen molar-refractivity contribution in [3.63, 3.8) is 0 Å².